The number of aliphatic carboxylic acids is 1. The topological polar surface area (TPSA) is 78.4 Å². The number of carbonyl (C=O) groups is 2. The second-order valence-electron chi connectivity index (χ2n) is 5.91. The van der Waals surface area contributed by atoms with Crippen LogP contribution < -0.4 is 10.6 Å². The molecular formula is C15H28N2O3. The van der Waals surface area contributed by atoms with Crippen LogP contribution in [0, 0.1) is 5.92 Å². The molecule has 1 fully saturated rings. The third-order valence-electron chi connectivity index (χ3n) is 4.65. The standard InChI is InChI=1S/C15H28N2O3/c1-4-15(5-2,13(18)19)17-14(20)16-12-10-8-6-7-9-11(12)3/h11-12H,4-10H2,1-3H3,(H,18,19)(H2,16,17,20). The quantitative estimate of drug-likeness (QED) is 0.679. The zero-order valence-electron chi connectivity index (χ0n) is 12.9. The Kier molecular flexibility index (Phi) is 6.30. The molecule has 20 heavy (non-hydrogen) atoms. The summed E-state index contributed by atoms with van der Waals surface area (Å²) in [6, 6.07) is -0.201. The first kappa shape index (κ1) is 16.8. The van der Waals surface area contributed by atoms with Crippen LogP contribution in [0.1, 0.15) is 65.7 Å². The van der Waals surface area contributed by atoms with Crippen molar-refractivity contribution in [1.82, 2.24) is 10.6 Å². The lowest BCUT2D eigenvalue weighted by Gasteiger charge is -2.30. The van der Waals surface area contributed by atoms with Crippen molar-refractivity contribution in [2.45, 2.75) is 77.3 Å². The zero-order valence-corrected chi connectivity index (χ0v) is 12.9. The van der Waals surface area contributed by atoms with Gasteiger partial charge < -0.3 is 15.7 Å². The summed E-state index contributed by atoms with van der Waals surface area (Å²) in [6.45, 7) is 5.72. The lowest BCUT2D eigenvalue weighted by Crippen LogP contribution is -2.58. The van der Waals surface area contributed by atoms with E-state index in [-0.39, 0.29) is 12.1 Å². The van der Waals surface area contributed by atoms with Gasteiger partial charge in [0.1, 0.15) is 5.54 Å². The van der Waals surface area contributed by atoms with Gasteiger partial charge in [-0.1, -0.05) is 40.0 Å². The monoisotopic (exact) mass is 284 g/mol. The number of urea groups is 1. The Balaban J connectivity index is 2.63. The summed E-state index contributed by atoms with van der Waals surface area (Å²) >= 11 is 0. The Morgan fingerprint density at radius 3 is 2.30 bits per heavy atom. The second kappa shape index (κ2) is 7.50. The maximum Gasteiger partial charge on any atom is 0.329 e. The van der Waals surface area contributed by atoms with Crippen LogP contribution in [0.15, 0.2) is 0 Å². The van der Waals surface area contributed by atoms with Gasteiger partial charge in [0.15, 0.2) is 0 Å². The number of amides is 2. The van der Waals surface area contributed by atoms with E-state index >= 15 is 0 Å². The van der Waals surface area contributed by atoms with Crippen molar-refractivity contribution in [3.8, 4) is 0 Å². The van der Waals surface area contributed by atoms with Gasteiger partial charge in [0.25, 0.3) is 0 Å². The molecule has 1 aliphatic carbocycles. The number of nitrogens with one attached hydrogen (secondary N) is 2. The summed E-state index contributed by atoms with van der Waals surface area (Å²) in [5.41, 5.74) is -1.15. The largest absolute Gasteiger partial charge is 0.480 e. The fourth-order valence-electron chi connectivity index (χ4n) is 2.91. The van der Waals surface area contributed by atoms with Crippen LogP contribution in [0.3, 0.4) is 0 Å². The molecule has 0 aromatic heterocycles. The first-order valence-corrected chi connectivity index (χ1v) is 7.77. The molecule has 0 heterocycles. The first-order chi connectivity index (χ1) is 9.45. The van der Waals surface area contributed by atoms with E-state index in [9.17, 15) is 14.7 Å². The SMILES string of the molecule is CCC(CC)(NC(=O)NC1CCCCCC1C)C(=O)O. The molecule has 0 aromatic rings. The lowest BCUT2D eigenvalue weighted by molar-refractivity contribution is -0.144. The molecule has 1 saturated carbocycles. The second-order valence-corrected chi connectivity index (χ2v) is 5.91. The molecule has 116 valence electrons. The van der Waals surface area contributed by atoms with Crippen LogP contribution >= 0.6 is 0 Å². The minimum Gasteiger partial charge on any atom is -0.480 e. The van der Waals surface area contributed by atoms with E-state index < -0.39 is 11.5 Å². The molecule has 2 unspecified atom stereocenters. The predicted octanol–water partition coefficient (Wildman–Crippen LogP) is 2.90. The number of carboxylic acid groups (broad SMARTS) is 1. The molecule has 1 aliphatic rings. The maximum absolute atomic E-state index is 12.1. The van der Waals surface area contributed by atoms with Gasteiger partial charge in [-0.2, -0.15) is 0 Å². The van der Waals surface area contributed by atoms with Crippen LogP contribution in [-0.2, 0) is 4.79 Å². The highest BCUT2D eigenvalue weighted by molar-refractivity contribution is 5.86. The van der Waals surface area contributed by atoms with Gasteiger partial charge in [-0.25, -0.2) is 9.59 Å². The van der Waals surface area contributed by atoms with Crippen molar-refractivity contribution in [2.24, 2.45) is 5.92 Å². The van der Waals surface area contributed by atoms with E-state index in [0.717, 1.165) is 19.3 Å². The molecule has 2 amide bonds. The fraction of sp³-hybridized carbons (Fsp3) is 0.867. The minimum atomic E-state index is -1.15. The normalized spacial score (nSPS) is 23.8. The van der Waals surface area contributed by atoms with Crippen LogP contribution in [0.25, 0.3) is 0 Å². The fourth-order valence-corrected chi connectivity index (χ4v) is 2.91. The number of carbonyl (C=O) groups excluding carboxylic acids is 1. The Labute approximate surface area is 121 Å². The minimum absolute atomic E-state index is 0.151. The highest BCUT2D eigenvalue weighted by Gasteiger charge is 2.37. The van der Waals surface area contributed by atoms with Gasteiger partial charge in [-0.15, -0.1) is 0 Å². The zero-order chi connectivity index (χ0) is 15.2. The van der Waals surface area contributed by atoms with Gasteiger partial charge in [0, 0.05) is 6.04 Å². The Morgan fingerprint density at radius 2 is 1.75 bits per heavy atom. The van der Waals surface area contributed by atoms with Crippen LogP contribution in [0.5, 0.6) is 0 Å². The lowest BCUT2D eigenvalue weighted by atomic mass is 9.93. The highest BCUT2D eigenvalue weighted by Crippen LogP contribution is 2.23. The number of rotatable bonds is 5. The van der Waals surface area contributed by atoms with Crippen LogP contribution in [0.2, 0.25) is 0 Å². The van der Waals surface area contributed by atoms with Crippen molar-refractivity contribution in [3.05, 3.63) is 0 Å². The molecular weight excluding hydrogens is 256 g/mol. The van der Waals surface area contributed by atoms with Crippen LogP contribution in [0.4, 0.5) is 4.79 Å². The first-order valence-electron chi connectivity index (χ1n) is 7.77. The van der Waals surface area contributed by atoms with Gasteiger partial charge in [0.2, 0.25) is 0 Å². The summed E-state index contributed by atoms with van der Waals surface area (Å²) in [7, 11) is 0. The van der Waals surface area contributed by atoms with Crippen molar-refractivity contribution < 1.29 is 14.7 Å². The van der Waals surface area contributed by atoms with Crippen molar-refractivity contribution >= 4 is 12.0 Å². The Bertz CT molecular complexity index is 340. The average Bonchev–Trinajstić information content (AvgIpc) is 2.61. The van der Waals surface area contributed by atoms with E-state index in [0.29, 0.717) is 18.8 Å². The Morgan fingerprint density at radius 1 is 1.15 bits per heavy atom. The summed E-state index contributed by atoms with van der Waals surface area (Å²) in [5, 5.41) is 15.0. The van der Waals surface area contributed by atoms with Gasteiger partial charge in [-0.3, -0.25) is 0 Å². The third-order valence-corrected chi connectivity index (χ3v) is 4.65. The number of carboxylic acids is 1. The van der Waals surface area contributed by atoms with Gasteiger partial charge in [0.05, 0.1) is 0 Å². The molecule has 0 spiro atoms. The molecule has 5 heteroatoms. The smallest absolute Gasteiger partial charge is 0.329 e. The van der Waals surface area contributed by atoms with E-state index in [1.807, 2.05) is 0 Å². The van der Waals surface area contributed by atoms with E-state index in [1.54, 1.807) is 13.8 Å². The van der Waals surface area contributed by atoms with Crippen molar-refractivity contribution in [2.75, 3.05) is 0 Å². The summed E-state index contributed by atoms with van der Waals surface area (Å²) < 4.78 is 0. The van der Waals surface area contributed by atoms with Crippen LogP contribution in [-0.4, -0.2) is 28.7 Å². The number of hydrogen-bond donors (Lipinski definition) is 3. The third kappa shape index (κ3) is 4.12. The molecule has 0 saturated heterocycles. The highest BCUT2D eigenvalue weighted by atomic mass is 16.4. The van der Waals surface area contributed by atoms with E-state index in [2.05, 4.69) is 17.6 Å². The molecule has 0 bridgehead atoms. The molecule has 3 N–H and O–H groups in total. The molecule has 0 aromatic carbocycles. The van der Waals surface area contributed by atoms with Gasteiger partial charge in [-0.05, 0) is 31.6 Å². The van der Waals surface area contributed by atoms with Crippen molar-refractivity contribution in [1.29, 1.82) is 0 Å². The maximum atomic E-state index is 12.1. The van der Waals surface area contributed by atoms with Gasteiger partial charge >= 0.3 is 12.0 Å². The van der Waals surface area contributed by atoms with E-state index in [1.165, 1.54) is 12.8 Å². The summed E-state index contributed by atoms with van der Waals surface area (Å²) in [5.74, 6) is -0.516. The summed E-state index contributed by atoms with van der Waals surface area (Å²) in [4.78, 5) is 23.5. The van der Waals surface area contributed by atoms with Crippen molar-refractivity contribution in [3.63, 3.8) is 0 Å². The summed E-state index contributed by atoms with van der Waals surface area (Å²) in [6.07, 6.45) is 6.42. The molecule has 0 radical (unpaired) electrons. The molecule has 5 nitrogen and oxygen atoms in total. The predicted molar refractivity (Wildman–Crippen MR) is 78.7 cm³/mol. The van der Waals surface area contributed by atoms with E-state index in [4.69, 9.17) is 0 Å². The molecule has 1 rings (SSSR count). The molecule has 2 atom stereocenters. The molecule has 0 aliphatic heterocycles. The average molecular weight is 284 g/mol. The number of hydrogen-bond acceptors (Lipinski definition) is 2. The Hall–Kier alpha value is -1.26.